The maximum atomic E-state index is 13.2. The number of benzene rings is 1. The number of nitrogen functional groups attached to an aromatic ring is 1. The molecule has 1 heterocycles. The van der Waals surface area contributed by atoms with Gasteiger partial charge in [0.2, 0.25) is 0 Å². The fourth-order valence-corrected chi connectivity index (χ4v) is 1.94. The molecular formula is C9H5Br2FN2O. The van der Waals surface area contributed by atoms with Crippen molar-refractivity contribution in [3.8, 4) is 11.3 Å². The Morgan fingerprint density at radius 1 is 1.27 bits per heavy atom. The highest BCUT2D eigenvalue weighted by Crippen LogP contribution is 2.37. The van der Waals surface area contributed by atoms with E-state index in [0.717, 1.165) is 0 Å². The molecule has 0 atom stereocenters. The van der Waals surface area contributed by atoms with E-state index in [0.29, 0.717) is 20.3 Å². The number of hydrogen-bond acceptors (Lipinski definition) is 3. The molecule has 1 aromatic heterocycles. The summed E-state index contributed by atoms with van der Waals surface area (Å²) in [5, 5.41) is 3.58. The van der Waals surface area contributed by atoms with Crippen LogP contribution in [0.4, 0.5) is 10.2 Å². The first-order valence-corrected chi connectivity index (χ1v) is 5.55. The third kappa shape index (κ3) is 1.79. The van der Waals surface area contributed by atoms with E-state index in [-0.39, 0.29) is 11.6 Å². The smallest absolute Gasteiger partial charge is 0.184 e. The van der Waals surface area contributed by atoms with Gasteiger partial charge in [0.1, 0.15) is 10.3 Å². The molecule has 0 saturated carbocycles. The summed E-state index contributed by atoms with van der Waals surface area (Å²) < 4.78 is 19.1. The fourth-order valence-electron chi connectivity index (χ4n) is 1.14. The summed E-state index contributed by atoms with van der Waals surface area (Å²) in [5.74, 6) is 0.273. The highest BCUT2D eigenvalue weighted by Gasteiger charge is 2.17. The molecule has 2 rings (SSSR count). The van der Waals surface area contributed by atoms with E-state index in [1.807, 2.05) is 0 Å². The van der Waals surface area contributed by atoms with Crippen LogP contribution in [0.2, 0.25) is 0 Å². The zero-order chi connectivity index (χ0) is 11.0. The number of nitrogens with two attached hydrogens (primary N) is 1. The Labute approximate surface area is 102 Å². The number of aromatic nitrogens is 1. The minimum Gasteiger partial charge on any atom is -0.380 e. The highest BCUT2D eigenvalue weighted by molar-refractivity contribution is 9.11. The van der Waals surface area contributed by atoms with Crippen LogP contribution in [-0.4, -0.2) is 5.16 Å². The van der Waals surface area contributed by atoms with Crippen molar-refractivity contribution < 1.29 is 8.91 Å². The molecule has 0 aliphatic heterocycles. The Kier molecular flexibility index (Phi) is 2.79. The molecule has 0 aliphatic rings. The molecule has 2 N–H and O–H groups in total. The molecule has 0 fully saturated rings. The van der Waals surface area contributed by atoms with E-state index in [9.17, 15) is 4.39 Å². The first kappa shape index (κ1) is 10.6. The van der Waals surface area contributed by atoms with Crippen molar-refractivity contribution >= 4 is 37.7 Å². The Morgan fingerprint density at radius 2 is 2.00 bits per heavy atom. The number of nitrogens with zero attached hydrogens (tertiary/aromatic N) is 1. The predicted molar refractivity (Wildman–Crippen MR) is 61.7 cm³/mol. The van der Waals surface area contributed by atoms with Crippen molar-refractivity contribution in [1.29, 1.82) is 0 Å². The number of anilines is 1. The Hall–Kier alpha value is -0.880. The SMILES string of the molecule is Nc1noc(-c2cccc(F)c2Br)c1Br. The average Bonchev–Trinajstić information content (AvgIpc) is 2.53. The second kappa shape index (κ2) is 3.94. The van der Waals surface area contributed by atoms with E-state index in [1.54, 1.807) is 12.1 Å². The van der Waals surface area contributed by atoms with Crippen LogP contribution in [0.3, 0.4) is 0 Å². The van der Waals surface area contributed by atoms with Gasteiger partial charge in [-0.1, -0.05) is 11.2 Å². The van der Waals surface area contributed by atoms with E-state index in [1.165, 1.54) is 6.07 Å². The zero-order valence-electron chi connectivity index (χ0n) is 7.30. The molecule has 0 aliphatic carbocycles. The summed E-state index contributed by atoms with van der Waals surface area (Å²) in [5.41, 5.74) is 6.07. The largest absolute Gasteiger partial charge is 0.380 e. The lowest BCUT2D eigenvalue weighted by Crippen LogP contribution is -1.85. The van der Waals surface area contributed by atoms with Crippen LogP contribution >= 0.6 is 31.9 Å². The van der Waals surface area contributed by atoms with Crippen LogP contribution in [0.5, 0.6) is 0 Å². The second-order valence-electron chi connectivity index (χ2n) is 2.81. The van der Waals surface area contributed by atoms with Crippen LogP contribution in [-0.2, 0) is 0 Å². The van der Waals surface area contributed by atoms with Crippen molar-refractivity contribution in [1.82, 2.24) is 5.16 Å². The molecule has 6 heteroatoms. The maximum absolute atomic E-state index is 13.2. The standard InChI is InChI=1S/C9H5Br2FN2O/c10-6-4(2-1-3-5(6)12)8-7(11)9(13)14-15-8/h1-3H,(H2,13,14). The van der Waals surface area contributed by atoms with Crippen molar-refractivity contribution in [2.45, 2.75) is 0 Å². The van der Waals surface area contributed by atoms with Crippen LogP contribution in [0.15, 0.2) is 31.7 Å². The summed E-state index contributed by atoms with van der Waals surface area (Å²) in [6, 6.07) is 4.64. The molecule has 0 amide bonds. The van der Waals surface area contributed by atoms with Crippen LogP contribution in [0, 0.1) is 5.82 Å². The van der Waals surface area contributed by atoms with Crippen molar-refractivity contribution in [3.63, 3.8) is 0 Å². The van der Waals surface area contributed by atoms with E-state index < -0.39 is 0 Å². The molecule has 3 nitrogen and oxygen atoms in total. The summed E-state index contributed by atoms with van der Waals surface area (Å²) >= 11 is 6.36. The molecule has 1 aromatic carbocycles. The summed E-state index contributed by atoms with van der Waals surface area (Å²) in [4.78, 5) is 0. The quantitative estimate of drug-likeness (QED) is 0.866. The molecular weight excluding hydrogens is 331 g/mol. The normalized spacial score (nSPS) is 10.6. The monoisotopic (exact) mass is 334 g/mol. The van der Waals surface area contributed by atoms with E-state index in [4.69, 9.17) is 10.3 Å². The van der Waals surface area contributed by atoms with Crippen LogP contribution in [0.25, 0.3) is 11.3 Å². The molecule has 0 saturated heterocycles. The van der Waals surface area contributed by atoms with Gasteiger partial charge in [-0.05, 0) is 44.0 Å². The van der Waals surface area contributed by atoms with Crippen LogP contribution in [0.1, 0.15) is 0 Å². The summed E-state index contributed by atoms with van der Waals surface area (Å²) in [7, 11) is 0. The molecule has 0 bridgehead atoms. The zero-order valence-corrected chi connectivity index (χ0v) is 10.5. The molecule has 2 aromatic rings. The Bertz CT molecular complexity index is 513. The third-order valence-electron chi connectivity index (χ3n) is 1.86. The number of rotatable bonds is 1. The minimum absolute atomic E-state index is 0.237. The van der Waals surface area contributed by atoms with Gasteiger partial charge in [-0.15, -0.1) is 0 Å². The van der Waals surface area contributed by atoms with Crippen molar-refractivity contribution in [3.05, 3.63) is 33.0 Å². The first-order chi connectivity index (χ1) is 7.11. The van der Waals surface area contributed by atoms with Gasteiger partial charge in [0.05, 0.1) is 4.47 Å². The second-order valence-corrected chi connectivity index (χ2v) is 4.40. The van der Waals surface area contributed by atoms with Gasteiger partial charge in [-0.25, -0.2) is 4.39 Å². The average molecular weight is 336 g/mol. The van der Waals surface area contributed by atoms with E-state index in [2.05, 4.69) is 37.0 Å². The molecule has 78 valence electrons. The molecule has 15 heavy (non-hydrogen) atoms. The molecule has 0 radical (unpaired) electrons. The van der Waals surface area contributed by atoms with Gasteiger partial charge >= 0.3 is 0 Å². The minimum atomic E-state index is -0.366. The number of hydrogen-bond donors (Lipinski definition) is 1. The van der Waals surface area contributed by atoms with Gasteiger partial charge < -0.3 is 10.3 Å². The predicted octanol–water partition coefficient (Wildman–Crippen LogP) is 3.59. The van der Waals surface area contributed by atoms with Crippen LogP contribution < -0.4 is 5.73 Å². The Balaban J connectivity index is 2.64. The Morgan fingerprint density at radius 3 is 2.60 bits per heavy atom. The molecule has 0 unspecified atom stereocenters. The van der Waals surface area contributed by atoms with Crippen molar-refractivity contribution in [2.24, 2.45) is 0 Å². The fraction of sp³-hybridized carbons (Fsp3) is 0. The third-order valence-corrected chi connectivity index (χ3v) is 3.43. The first-order valence-electron chi connectivity index (χ1n) is 3.96. The lowest BCUT2D eigenvalue weighted by atomic mass is 10.2. The van der Waals surface area contributed by atoms with Gasteiger partial charge in [-0.3, -0.25) is 0 Å². The van der Waals surface area contributed by atoms with E-state index >= 15 is 0 Å². The highest BCUT2D eigenvalue weighted by atomic mass is 79.9. The van der Waals surface area contributed by atoms with Gasteiger partial charge in [0.15, 0.2) is 11.6 Å². The van der Waals surface area contributed by atoms with Gasteiger partial charge in [0.25, 0.3) is 0 Å². The molecule has 0 spiro atoms. The maximum Gasteiger partial charge on any atom is 0.184 e. The number of halogens is 3. The lowest BCUT2D eigenvalue weighted by molar-refractivity contribution is 0.435. The van der Waals surface area contributed by atoms with Gasteiger partial charge in [-0.2, -0.15) is 0 Å². The summed E-state index contributed by atoms with van der Waals surface area (Å²) in [6.07, 6.45) is 0. The van der Waals surface area contributed by atoms with Crippen molar-refractivity contribution in [2.75, 3.05) is 5.73 Å². The lowest BCUT2D eigenvalue weighted by Gasteiger charge is -2.01. The summed E-state index contributed by atoms with van der Waals surface area (Å²) in [6.45, 7) is 0. The van der Waals surface area contributed by atoms with Gasteiger partial charge in [0, 0.05) is 5.56 Å². The topological polar surface area (TPSA) is 52.0 Å².